The number of thioether (sulfide) groups is 1. The predicted octanol–water partition coefficient (Wildman–Crippen LogP) is 4.37. The third kappa shape index (κ3) is 2.84. The molecule has 0 unspecified atom stereocenters. The average Bonchev–Trinajstić information content (AvgIpc) is 2.99. The van der Waals surface area contributed by atoms with Gasteiger partial charge in [-0.1, -0.05) is 69.7 Å². The second kappa shape index (κ2) is 5.94. The molecule has 2 heterocycles. The largest absolute Gasteiger partial charge is 0.212 e. The fourth-order valence-corrected chi connectivity index (χ4v) is 3.50. The molecule has 4 rings (SSSR count). The highest BCUT2D eigenvalue weighted by molar-refractivity contribution is 9.10. The van der Waals surface area contributed by atoms with Crippen LogP contribution < -0.4 is 0 Å². The second-order valence-corrected chi connectivity index (χ2v) is 7.18. The number of aryl methyl sites for hydroxylation is 1. The molecule has 3 aromatic rings. The summed E-state index contributed by atoms with van der Waals surface area (Å²) in [6.07, 6.45) is 0. The van der Waals surface area contributed by atoms with E-state index in [9.17, 15) is 0 Å². The van der Waals surface area contributed by atoms with Gasteiger partial charge in [0, 0.05) is 15.8 Å². The first-order valence-electron chi connectivity index (χ1n) is 7.20. The van der Waals surface area contributed by atoms with Crippen LogP contribution in [-0.4, -0.2) is 26.3 Å². The van der Waals surface area contributed by atoms with Gasteiger partial charge < -0.3 is 0 Å². The second-order valence-electron chi connectivity index (χ2n) is 5.33. The van der Waals surface area contributed by atoms with Crippen molar-refractivity contribution in [1.82, 2.24) is 14.9 Å². The lowest BCUT2D eigenvalue weighted by molar-refractivity contribution is 0.762. The molecule has 0 aliphatic carbocycles. The molecule has 4 nitrogen and oxygen atoms in total. The number of hydrogen-bond donors (Lipinski definition) is 0. The van der Waals surface area contributed by atoms with Gasteiger partial charge in [0.2, 0.25) is 5.16 Å². The highest BCUT2D eigenvalue weighted by Gasteiger charge is 2.20. The number of rotatable bonds is 2. The number of nitrogens with zero attached hydrogens (tertiary/aromatic N) is 4. The summed E-state index contributed by atoms with van der Waals surface area (Å²) in [6, 6.07) is 16.5. The van der Waals surface area contributed by atoms with Crippen LogP contribution in [0.1, 0.15) is 11.1 Å². The first-order valence-corrected chi connectivity index (χ1v) is 8.97. The van der Waals surface area contributed by atoms with Crippen molar-refractivity contribution in [3.8, 4) is 11.4 Å². The highest BCUT2D eigenvalue weighted by Crippen LogP contribution is 2.29. The molecule has 0 spiro atoms. The monoisotopic (exact) mass is 384 g/mol. The molecule has 0 bridgehead atoms. The van der Waals surface area contributed by atoms with Gasteiger partial charge in [-0.25, -0.2) is 0 Å². The fraction of sp³-hybridized carbons (Fsp3) is 0.118. The minimum Gasteiger partial charge on any atom is -0.187 e. The molecule has 6 heteroatoms. The van der Waals surface area contributed by atoms with Gasteiger partial charge in [-0.3, -0.25) is 0 Å². The van der Waals surface area contributed by atoms with E-state index in [1.54, 1.807) is 11.8 Å². The van der Waals surface area contributed by atoms with Crippen LogP contribution >= 0.6 is 27.7 Å². The van der Waals surface area contributed by atoms with E-state index in [1.807, 2.05) is 28.9 Å². The van der Waals surface area contributed by atoms with E-state index in [4.69, 9.17) is 5.10 Å². The number of aromatic nitrogens is 3. The smallest absolute Gasteiger partial charge is 0.187 e. The number of hydrogen-bond acceptors (Lipinski definition) is 4. The Morgan fingerprint density at radius 2 is 1.65 bits per heavy atom. The van der Waals surface area contributed by atoms with Crippen LogP contribution in [0.15, 0.2) is 63.3 Å². The maximum Gasteiger partial charge on any atom is 0.212 e. The van der Waals surface area contributed by atoms with Crippen LogP contribution in [0, 0.1) is 6.92 Å². The third-order valence-corrected chi connectivity index (χ3v) is 5.12. The van der Waals surface area contributed by atoms with Gasteiger partial charge >= 0.3 is 0 Å². The quantitative estimate of drug-likeness (QED) is 0.658. The molecule has 1 aliphatic rings. The Morgan fingerprint density at radius 3 is 2.39 bits per heavy atom. The van der Waals surface area contributed by atoms with Gasteiger partial charge in [-0.05, 0) is 24.6 Å². The van der Waals surface area contributed by atoms with Crippen molar-refractivity contribution >= 4 is 33.4 Å². The summed E-state index contributed by atoms with van der Waals surface area (Å²) >= 11 is 5.12. The van der Waals surface area contributed by atoms with Crippen molar-refractivity contribution in [2.45, 2.75) is 12.1 Å². The van der Waals surface area contributed by atoms with E-state index in [2.05, 4.69) is 57.3 Å². The highest BCUT2D eigenvalue weighted by atomic mass is 79.9. The summed E-state index contributed by atoms with van der Waals surface area (Å²) in [6.45, 7) is 2.09. The molecular formula is C17H13BrN4S. The fourth-order valence-electron chi connectivity index (χ4n) is 2.39. The molecule has 2 aromatic carbocycles. The molecule has 1 aromatic heterocycles. The minimum atomic E-state index is 0.768. The van der Waals surface area contributed by atoms with Crippen LogP contribution in [0.5, 0.6) is 0 Å². The Balaban J connectivity index is 1.77. The molecule has 0 atom stereocenters. The molecule has 0 amide bonds. The van der Waals surface area contributed by atoms with E-state index in [-0.39, 0.29) is 0 Å². The van der Waals surface area contributed by atoms with E-state index < -0.39 is 0 Å². The Hall–Kier alpha value is -1.92. The molecule has 0 saturated carbocycles. The molecular weight excluding hydrogens is 372 g/mol. The van der Waals surface area contributed by atoms with Gasteiger partial charge in [-0.2, -0.15) is 9.78 Å². The van der Waals surface area contributed by atoms with E-state index >= 15 is 0 Å². The predicted molar refractivity (Wildman–Crippen MR) is 97.0 cm³/mol. The SMILES string of the molecule is Cc1ccc(C2=Nn3c(nnc3-c3ccc(Br)cc3)SC2)cc1. The molecule has 23 heavy (non-hydrogen) atoms. The zero-order valence-electron chi connectivity index (χ0n) is 12.4. The Bertz CT molecular complexity index is 882. The van der Waals surface area contributed by atoms with E-state index in [0.717, 1.165) is 38.0 Å². The zero-order chi connectivity index (χ0) is 15.8. The lowest BCUT2D eigenvalue weighted by atomic mass is 10.1. The van der Waals surface area contributed by atoms with Crippen LogP contribution in [0.3, 0.4) is 0 Å². The maximum absolute atomic E-state index is 4.78. The molecule has 1 aliphatic heterocycles. The lowest BCUT2D eigenvalue weighted by Gasteiger charge is -2.14. The zero-order valence-corrected chi connectivity index (χ0v) is 14.8. The molecule has 0 N–H and O–H groups in total. The van der Waals surface area contributed by atoms with Crippen LogP contribution in [0.4, 0.5) is 0 Å². The summed E-state index contributed by atoms with van der Waals surface area (Å²) in [5, 5.41) is 14.2. The first kappa shape index (κ1) is 14.7. The van der Waals surface area contributed by atoms with Crippen molar-refractivity contribution in [1.29, 1.82) is 0 Å². The van der Waals surface area contributed by atoms with Crippen LogP contribution in [0.2, 0.25) is 0 Å². The van der Waals surface area contributed by atoms with E-state index in [0.29, 0.717) is 0 Å². The number of fused-ring (bicyclic) bond motifs is 1. The Morgan fingerprint density at radius 1 is 0.957 bits per heavy atom. The topological polar surface area (TPSA) is 43.1 Å². The van der Waals surface area contributed by atoms with Gasteiger partial charge in [0.15, 0.2) is 5.82 Å². The normalized spacial score (nSPS) is 13.6. The van der Waals surface area contributed by atoms with E-state index in [1.165, 1.54) is 5.56 Å². The van der Waals surface area contributed by atoms with Gasteiger partial charge in [0.05, 0.1) is 5.71 Å². The van der Waals surface area contributed by atoms with Crippen molar-refractivity contribution in [3.63, 3.8) is 0 Å². The van der Waals surface area contributed by atoms with Crippen molar-refractivity contribution in [2.75, 3.05) is 5.75 Å². The minimum absolute atomic E-state index is 0.768. The summed E-state index contributed by atoms with van der Waals surface area (Å²) < 4.78 is 2.88. The molecule has 114 valence electrons. The summed E-state index contributed by atoms with van der Waals surface area (Å²) in [5.41, 5.74) is 4.43. The maximum atomic E-state index is 4.78. The molecule has 0 saturated heterocycles. The summed E-state index contributed by atoms with van der Waals surface area (Å²) in [4.78, 5) is 0. The average molecular weight is 385 g/mol. The van der Waals surface area contributed by atoms with Crippen LogP contribution in [-0.2, 0) is 0 Å². The van der Waals surface area contributed by atoms with Crippen molar-refractivity contribution in [2.24, 2.45) is 5.10 Å². The van der Waals surface area contributed by atoms with Gasteiger partial charge in [0.25, 0.3) is 0 Å². The van der Waals surface area contributed by atoms with Crippen LogP contribution in [0.25, 0.3) is 11.4 Å². The lowest BCUT2D eigenvalue weighted by Crippen LogP contribution is -2.13. The van der Waals surface area contributed by atoms with Crippen molar-refractivity contribution < 1.29 is 0 Å². The molecule has 0 radical (unpaired) electrons. The molecule has 0 fully saturated rings. The standard InChI is InChI=1S/C17H13BrN4S/c1-11-2-4-12(5-3-11)15-10-23-17-20-19-16(22(17)21-15)13-6-8-14(18)9-7-13/h2-9H,10H2,1H3. The Labute approximate surface area is 146 Å². The van der Waals surface area contributed by atoms with Crippen molar-refractivity contribution in [3.05, 3.63) is 64.1 Å². The van der Waals surface area contributed by atoms with Gasteiger partial charge in [0.1, 0.15) is 0 Å². The summed E-state index contributed by atoms with van der Waals surface area (Å²) in [5.74, 6) is 1.57. The Kier molecular flexibility index (Phi) is 3.79. The van der Waals surface area contributed by atoms with Gasteiger partial charge in [-0.15, -0.1) is 10.2 Å². The number of halogens is 1. The third-order valence-electron chi connectivity index (χ3n) is 3.66. The first-order chi connectivity index (χ1) is 11.2. The summed E-state index contributed by atoms with van der Waals surface area (Å²) in [7, 11) is 0. The number of benzene rings is 2.